The van der Waals surface area contributed by atoms with Crippen molar-refractivity contribution in [2.24, 2.45) is 0 Å². The topological polar surface area (TPSA) is 12.0 Å². The highest BCUT2D eigenvalue weighted by Crippen LogP contribution is 2.16. The lowest BCUT2D eigenvalue weighted by Gasteiger charge is -2.14. The molecule has 0 aliphatic carbocycles. The van der Waals surface area contributed by atoms with Crippen molar-refractivity contribution in [3.05, 3.63) is 70.2 Å². The molecule has 3 heteroatoms. The van der Waals surface area contributed by atoms with Crippen LogP contribution >= 0.6 is 28.3 Å². The SMILES string of the molecule is C[C@H](NCc1ccccc1)c1ccc(Br)cc1.Cl. The molecule has 0 saturated heterocycles. The molecule has 0 amide bonds. The van der Waals surface area contributed by atoms with Crippen LogP contribution in [0, 0.1) is 0 Å². The summed E-state index contributed by atoms with van der Waals surface area (Å²) in [6, 6.07) is 19.3. The average molecular weight is 327 g/mol. The van der Waals surface area contributed by atoms with Gasteiger partial charge in [0.05, 0.1) is 0 Å². The van der Waals surface area contributed by atoms with Crippen molar-refractivity contribution < 1.29 is 0 Å². The number of nitrogens with one attached hydrogen (secondary N) is 1. The Hall–Kier alpha value is -0.830. The van der Waals surface area contributed by atoms with Crippen LogP contribution in [0.25, 0.3) is 0 Å². The van der Waals surface area contributed by atoms with Crippen LogP contribution in [-0.2, 0) is 6.54 Å². The zero-order valence-electron chi connectivity index (χ0n) is 10.3. The molecule has 0 aliphatic heterocycles. The van der Waals surface area contributed by atoms with E-state index in [2.05, 4.69) is 76.7 Å². The van der Waals surface area contributed by atoms with Crippen molar-refractivity contribution in [3.8, 4) is 0 Å². The third kappa shape index (κ3) is 4.45. The summed E-state index contributed by atoms with van der Waals surface area (Å²) < 4.78 is 1.12. The van der Waals surface area contributed by atoms with E-state index in [-0.39, 0.29) is 12.4 Å². The molecule has 0 bridgehead atoms. The summed E-state index contributed by atoms with van der Waals surface area (Å²) in [5.74, 6) is 0. The van der Waals surface area contributed by atoms with Crippen LogP contribution in [0.4, 0.5) is 0 Å². The molecule has 0 fully saturated rings. The summed E-state index contributed by atoms with van der Waals surface area (Å²) in [5.41, 5.74) is 2.63. The lowest BCUT2D eigenvalue weighted by Crippen LogP contribution is -2.17. The van der Waals surface area contributed by atoms with Gasteiger partial charge in [0.15, 0.2) is 0 Å². The van der Waals surface area contributed by atoms with Crippen LogP contribution in [0.1, 0.15) is 24.1 Å². The summed E-state index contributed by atoms with van der Waals surface area (Å²) in [6.45, 7) is 3.09. The van der Waals surface area contributed by atoms with Crippen molar-refractivity contribution in [2.45, 2.75) is 19.5 Å². The monoisotopic (exact) mass is 325 g/mol. The standard InChI is InChI=1S/C15H16BrN.ClH/c1-12(14-7-9-15(16)10-8-14)17-11-13-5-3-2-4-6-13;/h2-10,12,17H,11H2,1H3;1H/t12-;/m0./s1. The normalized spacial score (nSPS) is 11.7. The highest BCUT2D eigenvalue weighted by molar-refractivity contribution is 9.10. The molecule has 0 spiro atoms. The molecule has 0 radical (unpaired) electrons. The average Bonchev–Trinajstić information content (AvgIpc) is 2.38. The van der Waals surface area contributed by atoms with Gasteiger partial charge in [-0.2, -0.15) is 0 Å². The number of hydrogen-bond donors (Lipinski definition) is 1. The number of hydrogen-bond acceptors (Lipinski definition) is 1. The lowest BCUT2D eigenvalue weighted by atomic mass is 10.1. The minimum absolute atomic E-state index is 0. The predicted molar refractivity (Wildman–Crippen MR) is 83.1 cm³/mol. The smallest absolute Gasteiger partial charge is 0.0294 e. The highest BCUT2D eigenvalue weighted by Gasteiger charge is 2.03. The molecule has 0 saturated carbocycles. The number of benzene rings is 2. The van der Waals surface area contributed by atoms with Gasteiger partial charge in [0.2, 0.25) is 0 Å². The van der Waals surface area contributed by atoms with E-state index in [1.165, 1.54) is 11.1 Å². The molecule has 0 aliphatic rings. The summed E-state index contributed by atoms with van der Waals surface area (Å²) in [5, 5.41) is 3.52. The van der Waals surface area contributed by atoms with Gasteiger partial charge in [0, 0.05) is 17.1 Å². The Morgan fingerprint density at radius 2 is 1.61 bits per heavy atom. The highest BCUT2D eigenvalue weighted by atomic mass is 79.9. The minimum Gasteiger partial charge on any atom is -0.306 e. The van der Waals surface area contributed by atoms with Crippen LogP contribution < -0.4 is 5.32 Å². The van der Waals surface area contributed by atoms with Gasteiger partial charge in [0.25, 0.3) is 0 Å². The molecule has 0 unspecified atom stereocenters. The van der Waals surface area contributed by atoms with E-state index in [0.717, 1.165) is 11.0 Å². The third-order valence-electron chi connectivity index (χ3n) is 2.83. The molecule has 18 heavy (non-hydrogen) atoms. The van der Waals surface area contributed by atoms with Crippen LogP contribution in [0.5, 0.6) is 0 Å². The van der Waals surface area contributed by atoms with Crippen molar-refractivity contribution in [1.82, 2.24) is 5.32 Å². The Balaban J connectivity index is 0.00000162. The van der Waals surface area contributed by atoms with E-state index >= 15 is 0 Å². The summed E-state index contributed by atoms with van der Waals surface area (Å²) in [7, 11) is 0. The maximum atomic E-state index is 3.52. The first-order chi connectivity index (χ1) is 8.25. The fourth-order valence-electron chi connectivity index (χ4n) is 1.74. The fraction of sp³-hybridized carbons (Fsp3) is 0.200. The van der Waals surface area contributed by atoms with Crippen molar-refractivity contribution in [2.75, 3.05) is 0 Å². The molecule has 0 aromatic heterocycles. The van der Waals surface area contributed by atoms with E-state index in [1.807, 2.05) is 6.07 Å². The van der Waals surface area contributed by atoms with E-state index in [1.54, 1.807) is 0 Å². The maximum absolute atomic E-state index is 3.52. The fourth-order valence-corrected chi connectivity index (χ4v) is 2.00. The van der Waals surface area contributed by atoms with Crippen molar-refractivity contribution in [1.29, 1.82) is 0 Å². The summed E-state index contributed by atoms with van der Waals surface area (Å²) in [4.78, 5) is 0. The molecule has 1 atom stereocenters. The number of rotatable bonds is 4. The summed E-state index contributed by atoms with van der Waals surface area (Å²) in [6.07, 6.45) is 0. The van der Waals surface area contributed by atoms with E-state index in [4.69, 9.17) is 0 Å². The Morgan fingerprint density at radius 3 is 2.22 bits per heavy atom. The van der Waals surface area contributed by atoms with Crippen LogP contribution in [0.2, 0.25) is 0 Å². The Kier molecular flexibility index (Phi) is 6.41. The first kappa shape index (κ1) is 15.2. The van der Waals surface area contributed by atoms with Gasteiger partial charge in [-0.3, -0.25) is 0 Å². The molecular formula is C15H17BrClN. The molecule has 2 aromatic rings. The van der Waals surface area contributed by atoms with Gasteiger partial charge < -0.3 is 5.32 Å². The van der Waals surface area contributed by atoms with Gasteiger partial charge in [-0.1, -0.05) is 58.4 Å². The Labute approximate surface area is 123 Å². The quantitative estimate of drug-likeness (QED) is 0.857. The van der Waals surface area contributed by atoms with E-state index in [0.29, 0.717) is 6.04 Å². The van der Waals surface area contributed by atoms with E-state index < -0.39 is 0 Å². The molecule has 96 valence electrons. The molecule has 2 rings (SSSR count). The predicted octanol–water partition coefficient (Wildman–Crippen LogP) is 4.72. The molecular weight excluding hydrogens is 310 g/mol. The second-order valence-electron chi connectivity index (χ2n) is 4.14. The third-order valence-corrected chi connectivity index (χ3v) is 3.35. The molecule has 1 N–H and O–H groups in total. The maximum Gasteiger partial charge on any atom is 0.0294 e. The molecule has 2 aromatic carbocycles. The second-order valence-corrected chi connectivity index (χ2v) is 5.06. The van der Waals surface area contributed by atoms with E-state index in [9.17, 15) is 0 Å². The first-order valence-corrected chi connectivity index (χ1v) is 6.58. The Bertz CT molecular complexity index is 456. The van der Waals surface area contributed by atoms with Crippen LogP contribution in [0.3, 0.4) is 0 Å². The van der Waals surface area contributed by atoms with Crippen molar-refractivity contribution >= 4 is 28.3 Å². The minimum atomic E-state index is 0. The first-order valence-electron chi connectivity index (χ1n) is 5.78. The molecule has 0 heterocycles. The lowest BCUT2D eigenvalue weighted by molar-refractivity contribution is 0.574. The van der Waals surface area contributed by atoms with Gasteiger partial charge in [-0.15, -0.1) is 12.4 Å². The largest absolute Gasteiger partial charge is 0.306 e. The molecule has 1 nitrogen and oxygen atoms in total. The zero-order chi connectivity index (χ0) is 12.1. The van der Waals surface area contributed by atoms with Gasteiger partial charge in [-0.05, 0) is 30.2 Å². The van der Waals surface area contributed by atoms with Gasteiger partial charge in [-0.25, -0.2) is 0 Å². The van der Waals surface area contributed by atoms with Crippen molar-refractivity contribution in [3.63, 3.8) is 0 Å². The summed E-state index contributed by atoms with van der Waals surface area (Å²) >= 11 is 3.45. The number of halogens is 2. The van der Waals surface area contributed by atoms with Crippen LogP contribution in [-0.4, -0.2) is 0 Å². The van der Waals surface area contributed by atoms with Gasteiger partial charge in [0.1, 0.15) is 0 Å². The zero-order valence-corrected chi connectivity index (χ0v) is 12.7. The van der Waals surface area contributed by atoms with Gasteiger partial charge >= 0.3 is 0 Å². The van der Waals surface area contributed by atoms with Crippen LogP contribution in [0.15, 0.2) is 59.1 Å². The Morgan fingerprint density at radius 1 is 1.00 bits per heavy atom. The second kappa shape index (κ2) is 7.57.